The van der Waals surface area contributed by atoms with Crippen LogP contribution in [0.3, 0.4) is 0 Å². The second-order valence-corrected chi connectivity index (χ2v) is 4.68. The fourth-order valence-corrected chi connectivity index (χ4v) is 1.87. The quantitative estimate of drug-likeness (QED) is 0.865. The molecular formula is C13H11ClF3N3. The van der Waals surface area contributed by atoms with E-state index in [1.807, 2.05) is 0 Å². The van der Waals surface area contributed by atoms with Gasteiger partial charge in [0.15, 0.2) is 5.82 Å². The van der Waals surface area contributed by atoms with Crippen molar-refractivity contribution in [3.05, 3.63) is 46.6 Å². The van der Waals surface area contributed by atoms with Crippen molar-refractivity contribution >= 4 is 28.8 Å². The molecule has 0 spiro atoms. The summed E-state index contributed by atoms with van der Waals surface area (Å²) in [5.41, 5.74) is 5.66. The summed E-state index contributed by atoms with van der Waals surface area (Å²) in [7, 11) is 0. The van der Waals surface area contributed by atoms with Gasteiger partial charge in [-0.05, 0) is 30.7 Å². The number of aryl methyl sites for hydroxylation is 1. The van der Waals surface area contributed by atoms with Crippen LogP contribution in [0.5, 0.6) is 0 Å². The van der Waals surface area contributed by atoms with Gasteiger partial charge in [-0.25, -0.2) is 4.98 Å². The average molecular weight is 302 g/mol. The van der Waals surface area contributed by atoms with Crippen LogP contribution in [0.15, 0.2) is 30.5 Å². The van der Waals surface area contributed by atoms with E-state index in [0.29, 0.717) is 5.02 Å². The predicted octanol–water partition coefficient (Wildman–Crippen LogP) is 4.39. The van der Waals surface area contributed by atoms with Gasteiger partial charge in [0.05, 0.1) is 16.3 Å². The number of nitrogens with zero attached hydrogens (tertiary/aromatic N) is 1. The molecule has 0 unspecified atom stereocenters. The maximum atomic E-state index is 12.8. The Balaban J connectivity index is 2.35. The van der Waals surface area contributed by atoms with E-state index in [9.17, 15) is 13.2 Å². The predicted molar refractivity (Wildman–Crippen MR) is 73.1 cm³/mol. The van der Waals surface area contributed by atoms with Crippen molar-refractivity contribution in [1.82, 2.24) is 4.98 Å². The Kier molecular flexibility index (Phi) is 3.76. The van der Waals surface area contributed by atoms with Gasteiger partial charge in [-0.3, -0.25) is 0 Å². The lowest BCUT2D eigenvalue weighted by Gasteiger charge is -2.13. The number of halogens is 4. The zero-order valence-electron chi connectivity index (χ0n) is 10.4. The summed E-state index contributed by atoms with van der Waals surface area (Å²) in [5, 5.41) is 3.10. The molecule has 0 amide bonds. The van der Waals surface area contributed by atoms with Gasteiger partial charge in [-0.15, -0.1) is 0 Å². The summed E-state index contributed by atoms with van der Waals surface area (Å²) >= 11 is 5.71. The summed E-state index contributed by atoms with van der Waals surface area (Å²) in [6.45, 7) is 1.40. The van der Waals surface area contributed by atoms with E-state index < -0.39 is 11.7 Å². The first-order chi connectivity index (χ1) is 9.27. The Hall–Kier alpha value is -1.95. The molecule has 0 saturated heterocycles. The summed E-state index contributed by atoms with van der Waals surface area (Å²) in [5.74, 6) is 0.256. The van der Waals surface area contributed by atoms with Crippen molar-refractivity contribution in [2.45, 2.75) is 13.1 Å². The van der Waals surface area contributed by atoms with Crippen LogP contribution in [0.25, 0.3) is 0 Å². The van der Waals surface area contributed by atoms with Crippen LogP contribution in [0, 0.1) is 6.92 Å². The molecule has 7 heteroatoms. The largest absolute Gasteiger partial charge is 0.416 e. The second kappa shape index (κ2) is 5.20. The Morgan fingerprint density at radius 1 is 1.25 bits per heavy atom. The molecule has 3 N–H and O–H groups in total. The molecule has 20 heavy (non-hydrogen) atoms. The van der Waals surface area contributed by atoms with Crippen molar-refractivity contribution in [2.75, 3.05) is 11.1 Å². The minimum Gasteiger partial charge on any atom is -0.396 e. The van der Waals surface area contributed by atoms with E-state index in [4.69, 9.17) is 17.3 Å². The first-order valence-electron chi connectivity index (χ1n) is 5.63. The van der Waals surface area contributed by atoms with Crippen molar-refractivity contribution < 1.29 is 13.2 Å². The van der Waals surface area contributed by atoms with Crippen LogP contribution >= 0.6 is 11.6 Å². The molecule has 0 radical (unpaired) electrons. The lowest BCUT2D eigenvalue weighted by atomic mass is 10.1. The highest BCUT2D eigenvalue weighted by Gasteiger charge is 2.32. The van der Waals surface area contributed by atoms with Gasteiger partial charge in [0.25, 0.3) is 0 Å². The minimum absolute atomic E-state index is 0.153. The van der Waals surface area contributed by atoms with Gasteiger partial charge in [-0.2, -0.15) is 13.2 Å². The zero-order chi connectivity index (χ0) is 14.9. The molecule has 0 aliphatic heterocycles. The number of nitrogens with one attached hydrogen (secondary N) is 1. The third-order valence-corrected chi connectivity index (χ3v) is 2.90. The minimum atomic E-state index is -4.40. The monoisotopic (exact) mass is 301 g/mol. The summed E-state index contributed by atoms with van der Waals surface area (Å²) in [6, 6.07) is 5.40. The SMILES string of the molecule is Cc1ccc(Nc2ncc(Cl)cc2N)cc1C(F)(F)F. The van der Waals surface area contributed by atoms with Crippen LogP contribution in [0.2, 0.25) is 5.02 Å². The summed E-state index contributed by atoms with van der Waals surface area (Å²) in [4.78, 5) is 3.94. The molecule has 1 aromatic carbocycles. The maximum Gasteiger partial charge on any atom is 0.416 e. The molecule has 0 atom stereocenters. The van der Waals surface area contributed by atoms with E-state index in [-0.39, 0.29) is 22.8 Å². The summed E-state index contributed by atoms with van der Waals surface area (Å²) in [6.07, 6.45) is -3.04. The van der Waals surface area contributed by atoms with Crippen LogP contribution in [0.1, 0.15) is 11.1 Å². The second-order valence-electron chi connectivity index (χ2n) is 4.24. The summed E-state index contributed by atoms with van der Waals surface area (Å²) < 4.78 is 38.4. The average Bonchev–Trinajstić information content (AvgIpc) is 2.33. The van der Waals surface area contributed by atoms with Crippen molar-refractivity contribution in [3.63, 3.8) is 0 Å². The molecule has 2 rings (SSSR count). The number of aromatic nitrogens is 1. The molecule has 0 aliphatic rings. The Morgan fingerprint density at radius 3 is 2.55 bits per heavy atom. The number of anilines is 3. The highest BCUT2D eigenvalue weighted by Crippen LogP contribution is 2.34. The van der Waals surface area contributed by atoms with E-state index in [2.05, 4.69) is 10.3 Å². The molecule has 0 aliphatic carbocycles. The number of hydrogen-bond donors (Lipinski definition) is 2. The Morgan fingerprint density at radius 2 is 1.95 bits per heavy atom. The third kappa shape index (κ3) is 3.14. The van der Waals surface area contributed by atoms with Crippen LogP contribution in [-0.2, 0) is 6.18 Å². The highest BCUT2D eigenvalue weighted by molar-refractivity contribution is 6.30. The number of nitrogens with two attached hydrogens (primary N) is 1. The highest BCUT2D eigenvalue weighted by atomic mass is 35.5. The Bertz CT molecular complexity index is 641. The van der Waals surface area contributed by atoms with Gasteiger partial charge in [-0.1, -0.05) is 17.7 Å². The fraction of sp³-hybridized carbons (Fsp3) is 0.154. The van der Waals surface area contributed by atoms with E-state index in [0.717, 1.165) is 6.07 Å². The van der Waals surface area contributed by atoms with Crippen molar-refractivity contribution in [2.24, 2.45) is 0 Å². The maximum absolute atomic E-state index is 12.8. The number of rotatable bonds is 2. The lowest BCUT2D eigenvalue weighted by Crippen LogP contribution is -2.08. The number of hydrogen-bond acceptors (Lipinski definition) is 3. The molecule has 1 heterocycles. The van der Waals surface area contributed by atoms with E-state index in [1.165, 1.54) is 31.3 Å². The molecule has 0 bridgehead atoms. The lowest BCUT2D eigenvalue weighted by molar-refractivity contribution is -0.138. The van der Waals surface area contributed by atoms with Gasteiger partial charge in [0.2, 0.25) is 0 Å². The van der Waals surface area contributed by atoms with E-state index in [1.54, 1.807) is 0 Å². The number of alkyl halides is 3. The molecule has 2 aromatic rings. The normalized spacial score (nSPS) is 11.4. The van der Waals surface area contributed by atoms with Crippen LogP contribution in [0.4, 0.5) is 30.4 Å². The first kappa shape index (κ1) is 14.5. The topological polar surface area (TPSA) is 50.9 Å². The van der Waals surface area contributed by atoms with E-state index >= 15 is 0 Å². The fourth-order valence-electron chi connectivity index (χ4n) is 1.70. The third-order valence-electron chi connectivity index (χ3n) is 2.69. The number of nitrogen functional groups attached to an aromatic ring is 1. The molecule has 0 fully saturated rings. The molecular weight excluding hydrogens is 291 g/mol. The van der Waals surface area contributed by atoms with Gasteiger partial charge >= 0.3 is 6.18 Å². The van der Waals surface area contributed by atoms with Gasteiger partial charge < -0.3 is 11.1 Å². The zero-order valence-corrected chi connectivity index (χ0v) is 11.2. The first-order valence-corrected chi connectivity index (χ1v) is 6.01. The Labute approximate surface area is 118 Å². The van der Waals surface area contributed by atoms with Gasteiger partial charge in [0.1, 0.15) is 0 Å². The van der Waals surface area contributed by atoms with Crippen LogP contribution in [-0.4, -0.2) is 4.98 Å². The molecule has 0 saturated carbocycles. The smallest absolute Gasteiger partial charge is 0.396 e. The standard InChI is InChI=1S/C13H11ClF3N3/c1-7-2-3-9(5-10(7)13(15,16)17)20-12-11(18)4-8(14)6-19-12/h2-6H,18H2,1H3,(H,19,20). The van der Waals surface area contributed by atoms with Crippen molar-refractivity contribution in [3.8, 4) is 0 Å². The molecule has 3 nitrogen and oxygen atoms in total. The number of benzene rings is 1. The van der Waals surface area contributed by atoms with Crippen LogP contribution < -0.4 is 11.1 Å². The molecule has 106 valence electrons. The van der Waals surface area contributed by atoms with Crippen molar-refractivity contribution in [1.29, 1.82) is 0 Å². The van der Waals surface area contributed by atoms with Gasteiger partial charge in [0, 0.05) is 11.9 Å². The number of pyridine rings is 1. The molecule has 1 aromatic heterocycles.